The first-order chi connectivity index (χ1) is 12.3. The zero-order chi connectivity index (χ0) is 18.7. The number of amides is 2. The summed E-state index contributed by atoms with van der Waals surface area (Å²) in [6.07, 6.45) is 0.239. The minimum atomic E-state index is -4.61. The maximum absolute atomic E-state index is 12.9. The van der Waals surface area contributed by atoms with Gasteiger partial charge >= 0.3 is 12.2 Å². The zero-order valence-corrected chi connectivity index (χ0v) is 13.8. The van der Waals surface area contributed by atoms with Crippen LogP contribution in [-0.2, 0) is 6.18 Å². The highest BCUT2D eigenvalue weighted by atomic mass is 35.5. The lowest BCUT2D eigenvalue weighted by Gasteiger charge is -2.14. The van der Waals surface area contributed by atoms with Crippen LogP contribution >= 0.6 is 11.6 Å². The van der Waals surface area contributed by atoms with Gasteiger partial charge in [0.2, 0.25) is 0 Å². The maximum Gasteiger partial charge on any atom is 0.417 e. The van der Waals surface area contributed by atoms with Gasteiger partial charge in [-0.05, 0) is 30.3 Å². The Morgan fingerprint density at radius 3 is 2.58 bits per heavy atom. The van der Waals surface area contributed by atoms with Crippen LogP contribution in [0.3, 0.4) is 0 Å². The summed E-state index contributed by atoms with van der Waals surface area (Å²) in [5.41, 5.74) is 0.0790. The van der Waals surface area contributed by atoms with Crippen molar-refractivity contribution in [3.05, 3.63) is 71.8 Å². The summed E-state index contributed by atoms with van der Waals surface area (Å²) in [7, 11) is 0. The van der Waals surface area contributed by atoms with Gasteiger partial charge in [0.1, 0.15) is 0 Å². The molecule has 5 nitrogen and oxygen atoms in total. The van der Waals surface area contributed by atoms with Crippen LogP contribution in [0.25, 0.3) is 5.69 Å². The number of anilines is 2. The van der Waals surface area contributed by atoms with Crippen molar-refractivity contribution in [2.24, 2.45) is 0 Å². The van der Waals surface area contributed by atoms with Crippen LogP contribution in [0.1, 0.15) is 5.56 Å². The molecular formula is C17H12ClF3N4O. The Bertz CT molecular complexity index is 926. The van der Waals surface area contributed by atoms with Crippen molar-refractivity contribution < 1.29 is 18.0 Å². The summed E-state index contributed by atoms with van der Waals surface area (Å²) in [5.74, 6) is 0. The predicted molar refractivity (Wildman–Crippen MR) is 92.7 cm³/mol. The van der Waals surface area contributed by atoms with Gasteiger partial charge in [-0.1, -0.05) is 23.7 Å². The standard InChI is InChI=1S/C17H12ClF3N4O/c18-13-6-5-11(9-12(13)17(19,20)21)23-16(26)24-14-3-1-2-4-15(14)25-8-7-22-10-25/h1-10H,(H2,23,24,26). The van der Waals surface area contributed by atoms with Gasteiger partial charge in [0.25, 0.3) is 0 Å². The molecule has 0 aliphatic rings. The average molecular weight is 381 g/mol. The molecular weight excluding hydrogens is 369 g/mol. The molecule has 9 heteroatoms. The van der Waals surface area contributed by atoms with Crippen LogP contribution in [0.4, 0.5) is 29.3 Å². The molecule has 0 atom stereocenters. The molecule has 2 aromatic carbocycles. The first-order valence-corrected chi connectivity index (χ1v) is 7.74. The van der Waals surface area contributed by atoms with Gasteiger partial charge in [-0.2, -0.15) is 13.2 Å². The Balaban J connectivity index is 1.79. The molecule has 0 radical (unpaired) electrons. The van der Waals surface area contributed by atoms with Crippen LogP contribution in [0.2, 0.25) is 5.02 Å². The first-order valence-electron chi connectivity index (χ1n) is 7.37. The van der Waals surface area contributed by atoms with Gasteiger partial charge < -0.3 is 15.2 Å². The van der Waals surface area contributed by atoms with Gasteiger partial charge in [-0.15, -0.1) is 0 Å². The van der Waals surface area contributed by atoms with Crippen molar-refractivity contribution in [2.75, 3.05) is 10.6 Å². The lowest BCUT2D eigenvalue weighted by molar-refractivity contribution is -0.137. The Labute approximate surface area is 151 Å². The number of benzene rings is 2. The number of imidazole rings is 1. The monoisotopic (exact) mass is 380 g/mol. The van der Waals surface area contributed by atoms with Crippen LogP contribution in [0, 0.1) is 0 Å². The van der Waals surface area contributed by atoms with Crippen molar-refractivity contribution in [3.8, 4) is 5.69 Å². The SMILES string of the molecule is O=C(Nc1ccc(Cl)c(C(F)(F)F)c1)Nc1ccccc1-n1ccnc1. The second-order valence-corrected chi connectivity index (χ2v) is 5.67. The summed E-state index contributed by atoms with van der Waals surface area (Å²) >= 11 is 5.57. The van der Waals surface area contributed by atoms with E-state index in [1.165, 1.54) is 6.07 Å². The van der Waals surface area contributed by atoms with Crippen LogP contribution in [-0.4, -0.2) is 15.6 Å². The average Bonchev–Trinajstić information content (AvgIpc) is 3.10. The van der Waals surface area contributed by atoms with Crippen molar-refractivity contribution in [1.29, 1.82) is 0 Å². The number of hydrogen-bond acceptors (Lipinski definition) is 2. The number of para-hydroxylation sites is 2. The third kappa shape index (κ3) is 3.97. The molecule has 0 aliphatic heterocycles. The third-order valence-electron chi connectivity index (χ3n) is 3.46. The molecule has 2 N–H and O–H groups in total. The number of rotatable bonds is 3. The van der Waals surface area contributed by atoms with Gasteiger partial charge in [0.05, 0.1) is 28.3 Å². The summed E-state index contributed by atoms with van der Waals surface area (Å²) in [4.78, 5) is 16.1. The number of alkyl halides is 3. The Morgan fingerprint density at radius 1 is 1.12 bits per heavy atom. The first kappa shape index (κ1) is 17.8. The molecule has 0 spiro atoms. The second-order valence-electron chi connectivity index (χ2n) is 5.26. The molecule has 3 aromatic rings. The minimum Gasteiger partial charge on any atom is -0.308 e. The van der Waals surface area contributed by atoms with Gasteiger partial charge in [0.15, 0.2) is 0 Å². The van der Waals surface area contributed by atoms with Gasteiger partial charge in [-0.25, -0.2) is 9.78 Å². The molecule has 1 heterocycles. The van der Waals surface area contributed by atoms with Crippen molar-refractivity contribution in [2.45, 2.75) is 6.18 Å². The van der Waals surface area contributed by atoms with Gasteiger partial charge in [0, 0.05) is 18.1 Å². The fourth-order valence-electron chi connectivity index (χ4n) is 2.31. The molecule has 0 fully saturated rings. The van der Waals surface area contributed by atoms with Crippen molar-refractivity contribution >= 4 is 29.0 Å². The zero-order valence-electron chi connectivity index (χ0n) is 13.1. The Hall–Kier alpha value is -3.00. The van der Waals surface area contributed by atoms with Crippen LogP contribution in [0.15, 0.2) is 61.2 Å². The van der Waals surface area contributed by atoms with E-state index in [4.69, 9.17) is 11.6 Å². The van der Waals surface area contributed by atoms with E-state index < -0.39 is 22.8 Å². The largest absolute Gasteiger partial charge is 0.417 e. The van der Waals surface area contributed by atoms with Gasteiger partial charge in [-0.3, -0.25) is 0 Å². The fraction of sp³-hybridized carbons (Fsp3) is 0.0588. The smallest absolute Gasteiger partial charge is 0.308 e. The number of urea groups is 1. The number of nitrogens with zero attached hydrogens (tertiary/aromatic N) is 2. The molecule has 0 aliphatic carbocycles. The van der Waals surface area contributed by atoms with E-state index in [-0.39, 0.29) is 5.69 Å². The highest BCUT2D eigenvalue weighted by Crippen LogP contribution is 2.36. The van der Waals surface area contributed by atoms with E-state index in [0.717, 1.165) is 12.1 Å². The number of halogens is 4. The van der Waals surface area contributed by atoms with Crippen molar-refractivity contribution in [1.82, 2.24) is 9.55 Å². The molecule has 0 bridgehead atoms. The number of carbonyl (C=O) groups excluding carboxylic acids is 1. The number of carbonyl (C=O) groups is 1. The summed E-state index contributed by atoms with van der Waals surface area (Å²) in [5, 5.41) is 4.54. The molecule has 134 valence electrons. The summed E-state index contributed by atoms with van der Waals surface area (Å²) in [6, 6.07) is 9.40. The normalized spacial score (nSPS) is 11.2. The topological polar surface area (TPSA) is 59.0 Å². The summed E-state index contributed by atoms with van der Waals surface area (Å²) in [6.45, 7) is 0. The lowest BCUT2D eigenvalue weighted by atomic mass is 10.2. The van der Waals surface area contributed by atoms with E-state index in [0.29, 0.717) is 11.4 Å². The molecule has 3 rings (SSSR count). The van der Waals surface area contributed by atoms with E-state index in [9.17, 15) is 18.0 Å². The third-order valence-corrected chi connectivity index (χ3v) is 3.79. The molecule has 0 unspecified atom stereocenters. The highest BCUT2D eigenvalue weighted by molar-refractivity contribution is 6.31. The predicted octanol–water partition coefficient (Wildman–Crippen LogP) is 5.19. The Kier molecular flexibility index (Phi) is 4.85. The highest BCUT2D eigenvalue weighted by Gasteiger charge is 2.33. The lowest BCUT2D eigenvalue weighted by Crippen LogP contribution is -2.20. The maximum atomic E-state index is 12.9. The fourth-order valence-corrected chi connectivity index (χ4v) is 2.54. The second kappa shape index (κ2) is 7.09. The molecule has 0 saturated carbocycles. The molecule has 2 amide bonds. The van der Waals surface area contributed by atoms with E-state index in [1.807, 2.05) is 0 Å². The van der Waals surface area contributed by atoms with Crippen LogP contribution < -0.4 is 10.6 Å². The molecule has 1 aromatic heterocycles. The van der Waals surface area contributed by atoms with E-state index in [1.54, 1.807) is 47.6 Å². The molecule has 26 heavy (non-hydrogen) atoms. The van der Waals surface area contributed by atoms with Crippen LogP contribution in [0.5, 0.6) is 0 Å². The summed E-state index contributed by atoms with van der Waals surface area (Å²) < 4.78 is 40.4. The molecule has 0 saturated heterocycles. The van der Waals surface area contributed by atoms with Crippen molar-refractivity contribution in [3.63, 3.8) is 0 Å². The van der Waals surface area contributed by atoms with E-state index in [2.05, 4.69) is 15.6 Å². The van der Waals surface area contributed by atoms with E-state index >= 15 is 0 Å². The minimum absolute atomic E-state index is 0.0284. The Morgan fingerprint density at radius 2 is 1.88 bits per heavy atom. The number of aromatic nitrogens is 2. The number of hydrogen-bond donors (Lipinski definition) is 2. The number of nitrogens with one attached hydrogen (secondary N) is 2. The quantitative estimate of drug-likeness (QED) is 0.657.